The third-order valence-corrected chi connectivity index (χ3v) is 12.5. The van der Waals surface area contributed by atoms with Gasteiger partial charge in [0, 0.05) is 0 Å². The molecule has 0 aromatic carbocycles. The van der Waals surface area contributed by atoms with Gasteiger partial charge in [0.15, 0.2) is 0 Å². The Morgan fingerprint density at radius 2 is 1.80 bits per heavy atom. The molecule has 62 valence electrons. The van der Waals surface area contributed by atoms with Crippen molar-refractivity contribution in [3.8, 4) is 0 Å². The lowest BCUT2D eigenvalue weighted by Crippen LogP contribution is -1.71. The second kappa shape index (κ2) is 8.58. The highest BCUT2D eigenvalue weighted by molar-refractivity contribution is 9.12. The Bertz CT molecular complexity index is 66.0. The molecule has 0 aliphatic heterocycles. The van der Waals surface area contributed by atoms with Crippen LogP contribution in [-0.4, -0.2) is 18.3 Å². The van der Waals surface area contributed by atoms with Crippen LogP contribution in [0.25, 0.3) is 0 Å². The van der Waals surface area contributed by atoms with Crippen LogP contribution in [0.2, 0.25) is 0 Å². The molecule has 0 aliphatic carbocycles. The molecular formula is C6H15PS3. The SMILES string of the molecule is CCCCSP(SC)SC. The summed E-state index contributed by atoms with van der Waals surface area (Å²) in [6, 6.07) is 0. The minimum atomic E-state index is 0.182. The summed E-state index contributed by atoms with van der Waals surface area (Å²) in [4.78, 5) is 0. The third kappa shape index (κ3) is 6.21. The fraction of sp³-hybridized carbons (Fsp3) is 1.00. The Morgan fingerprint density at radius 1 is 1.20 bits per heavy atom. The van der Waals surface area contributed by atoms with Gasteiger partial charge in [-0.05, 0) is 24.7 Å². The molecule has 0 atom stereocenters. The van der Waals surface area contributed by atoms with Gasteiger partial charge in [-0.2, -0.15) is 0 Å². The van der Waals surface area contributed by atoms with E-state index in [1.807, 2.05) is 22.8 Å². The molecule has 0 unspecified atom stereocenters. The van der Waals surface area contributed by atoms with Gasteiger partial charge in [-0.1, -0.05) is 13.3 Å². The van der Waals surface area contributed by atoms with Gasteiger partial charge in [0.2, 0.25) is 0 Å². The zero-order valence-corrected chi connectivity index (χ0v) is 10.1. The maximum Gasteiger partial charge on any atom is 0.0723 e. The summed E-state index contributed by atoms with van der Waals surface area (Å²) in [5.41, 5.74) is 0.182. The zero-order chi connectivity index (χ0) is 7.82. The fourth-order valence-corrected chi connectivity index (χ4v) is 7.88. The van der Waals surface area contributed by atoms with E-state index >= 15 is 0 Å². The fourth-order valence-electron chi connectivity index (χ4n) is 0.463. The Hall–Kier alpha value is 1.48. The van der Waals surface area contributed by atoms with E-state index in [-0.39, 0.29) is 5.53 Å². The van der Waals surface area contributed by atoms with Gasteiger partial charge in [-0.25, -0.2) is 0 Å². The molecule has 0 radical (unpaired) electrons. The normalized spacial score (nSPS) is 10.8. The summed E-state index contributed by atoms with van der Waals surface area (Å²) in [6.45, 7) is 2.25. The van der Waals surface area contributed by atoms with Crippen molar-refractivity contribution in [1.82, 2.24) is 0 Å². The molecule has 0 fully saturated rings. The van der Waals surface area contributed by atoms with Crippen LogP contribution >= 0.6 is 39.7 Å². The van der Waals surface area contributed by atoms with Crippen molar-refractivity contribution in [2.75, 3.05) is 18.3 Å². The second-order valence-electron chi connectivity index (χ2n) is 1.78. The van der Waals surface area contributed by atoms with Gasteiger partial charge in [0.25, 0.3) is 0 Å². The second-order valence-corrected chi connectivity index (χ2v) is 12.0. The molecule has 0 saturated heterocycles. The van der Waals surface area contributed by atoms with E-state index in [0.29, 0.717) is 0 Å². The predicted molar refractivity (Wildman–Crippen MR) is 61.3 cm³/mol. The van der Waals surface area contributed by atoms with Gasteiger partial charge in [0.05, 0.1) is 5.53 Å². The van der Waals surface area contributed by atoms with Crippen LogP contribution in [0.3, 0.4) is 0 Å². The highest BCUT2D eigenvalue weighted by Crippen LogP contribution is 2.68. The van der Waals surface area contributed by atoms with Crippen LogP contribution in [0.4, 0.5) is 0 Å². The number of unbranched alkanes of at least 4 members (excludes halogenated alkanes) is 1. The Balaban J connectivity index is 3.09. The lowest BCUT2D eigenvalue weighted by molar-refractivity contribution is 0.898. The Labute approximate surface area is 77.7 Å². The third-order valence-electron chi connectivity index (χ3n) is 0.993. The van der Waals surface area contributed by atoms with Crippen LogP contribution in [0.15, 0.2) is 0 Å². The predicted octanol–water partition coefficient (Wildman–Crippen LogP) is 4.47. The molecule has 0 spiro atoms. The topological polar surface area (TPSA) is 0 Å². The van der Waals surface area contributed by atoms with Crippen LogP contribution in [-0.2, 0) is 0 Å². The monoisotopic (exact) mass is 214 g/mol. The molecule has 10 heavy (non-hydrogen) atoms. The summed E-state index contributed by atoms with van der Waals surface area (Å²) in [5, 5.41) is 0. The van der Waals surface area contributed by atoms with Crippen molar-refractivity contribution in [2.24, 2.45) is 0 Å². The summed E-state index contributed by atoms with van der Waals surface area (Å²) in [5.74, 6) is 1.35. The molecule has 0 aromatic rings. The van der Waals surface area contributed by atoms with Crippen molar-refractivity contribution in [3.63, 3.8) is 0 Å². The van der Waals surface area contributed by atoms with Gasteiger partial charge in [-0.3, -0.25) is 0 Å². The molecule has 0 rings (SSSR count). The maximum atomic E-state index is 2.25. The highest BCUT2D eigenvalue weighted by Gasteiger charge is 2.02. The van der Waals surface area contributed by atoms with E-state index in [0.717, 1.165) is 0 Å². The standard InChI is InChI=1S/C6H15PS3/c1-4-5-6-10-7(8-2)9-3/h4-6H2,1-3H3. The van der Waals surface area contributed by atoms with Gasteiger partial charge in [0.1, 0.15) is 0 Å². The first kappa shape index (κ1) is 11.5. The van der Waals surface area contributed by atoms with E-state index in [1.54, 1.807) is 0 Å². The van der Waals surface area contributed by atoms with Gasteiger partial charge in [-0.15, -0.1) is 34.1 Å². The quantitative estimate of drug-likeness (QED) is 0.473. The van der Waals surface area contributed by atoms with E-state index in [4.69, 9.17) is 0 Å². The maximum absolute atomic E-state index is 2.25. The molecule has 0 amide bonds. The summed E-state index contributed by atoms with van der Waals surface area (Å²) in [6.07, 6.45) is 7.13. The van der Waals surface area contributed by atoms with Crippen molar-refractivity contribution >= 4 is 39.7 Å². The van der Waals surface area contributed by atoms with Gasteiger partial charge >= 0.3 is 0 Å². The molecule has 0 bridgehead atoms. The summed E-state index contributed by atoms with van der Waals surface area (Å²) >= 11 is 6.16. The van der Waals surface area contributed by atoms with E-state index < -0.39 is 0 Å². The van der Waals surface area contributed by atoms with Crippen LogP contribution < -0.4 is 0 Å². The minimum Gasteiger partial charge on any atom is -0.116 e. The van der Waals surface area contributed by atoms with Crippen LogP contribution in [0.1, 0.15) is 19.8 Å². The van der Waals surface area contributed by atoms with Crippen LogP contribution in [0, 0.1) is 0 Å². The summed E-state index contributed by atoms with van der Waals surface area (Å²) in [7, 11) is 0. The average Bonchev–Trinajstić information content (AvgIpc) is 1.99. The van der Waals surface area contributed by atoms with E-state index in [2.05, 4.69) is 30.8 Å². The number of rotatable bonds is 6. The summed E-state index contributed by atoms with van der Waals surface area (Å²) < 4.78 is 0. The van der Waals surface area contributed by atoms with E-state index in [1.165, 1.54) is 18.6 Å². The molecule has 4 heteroatoms. The average molecular weight is 214 g/mol. The first-order chi connectivity index (χ1) is 4.85. The van der Waals surface area contributed by atoms with Crippen molar-refractivity contribution in [3.05, 3.63) is 0 Å². The molecular weight excluding hydrogens is 199 g/mol. The number of hydrogen-bond donors (Lipinski definition) is 0. The van der Waals surface area contributed by atoms with E-state index in [9.17, 15) is 0 Å². The molecule has 0 saturated carbocycles. The lowest BCUT2D eigenvalue weighted by atomic mass is 10.4. The smallest absolute Gasteiger partial charge is 0.0723 e. The Morgan fingerprint density at radius 3 is 2.20 bits per heavy atom. The molecule has 0 heterocycles. The lowest BCUT2D eigenvalue weighted by Gasteiger charge is -2.08. The molecule has 0 aromatic heterocycles. The van der Waals surface area contributed by atoms with Crippen LogP contribution in [0.5, 0.6) is 0 Å². The first-order valence-corrected chi connectivity index (χ1v) is 9.95. The van der Waals surface area contributed by atoms with Crippen molar-refractivity contribution < 1.29 is 0 Å². The highest BCUT2D eigenvalue weighted by atomic mass is 33.4. The zero-order valence-electron chi connectivity index (χ0n) is 6.79. The minimum absolute atomic E-state index is 0.182. The Kier molecular flexibility index (Phi) is 9.84. The molecule has 0 N–H and O–H groups in total. The van der Waals surface area contributed by atoms with Crippen molar-refractivity contribution in [1.29, 1.82) is 0 Å². The largest absolute Gasteiger partial charge is 0.116 e. The number of hydrogen-bond acceptors (Lipinski definition) is 3. The first-order valence-electron chi connectivity index (χ1n) is 3.36. The van der Waals surface area contributed by atoms with Crippen molar-refractivity contribution in [2.45, 2.75) is 19.8 Å². The van der Waals surface area contributed by atoms with Gasteiger partial charge < -0.3 is 0 Å². The molecule has 0 nitrogen and oxygen atoms in total. The molecule has 0 aliphatic rings.